The Kier molecular flexibility index (Phi) is 12.2. The minimum atomic E-state index is -3.55. The highest BCUT2D eigenvalue weighted by molar-refractivity contribution is 7.86. The van der Waals surface area contributed by atoms with Crippen molar-refractivity contribution in [2.45, 2.75) is 57.7 Å². The zero-order chi connectivity index (χ0) is 31.5. The van der Waals surface area contributed by atoms with Crippen LogP contribution < -0.4 is 26.1 Å². The van der Waals surface area contributed by atoms with Gasteiger partial charge in [0.1, 0.15) is 17.5 Å². The van der Waals surface area contributed by atoms with Crippen molar-refractivity contribution in [2.75, 3.05) is 12.8 Å². The van der Waals surface area contributed by atoms with Crippen LogP contribution in [0.15, 0.2) is 59.7 Å². The van der Waals surface area contributed by atoms with Gasteiger partial charge in [-0.2, -0.15) is 8.42 Å². The predicted molar refractivity (Wildman–Crippen MR) is 160 cm³/mol. The fraction of sp³-hybridized carbons (Fsp3) is 0.393. The number of carbonyl (C=O) groups is 2. The number of benzene rings is 2. The van der Waals surface area contributed by atoms with Crippen LogP contribution >= 0.6 is 0 Å². The van der Waals surface area contributed by atoms with Crippen molar-refractivity contribution >= 4 is 38.9 Å². The summed E-state index contributed by atoms with van der Waals surface area (Å²) in [5.41, 5.74) is 16.2. The topological polar surface area (TPSA) is 223 Å². The molecule has 0 spiro atoms. The molecule has 0 unspecified atom stereocenters. The quantitative estimate of drug-likeness (QED) is 0.0776. The van der Waals surface area contributed by atoms with Crippen LogP contribution in [0.2, 0.25) is 0 Å². The molecule has 0 aliphatic heterocycles. The first-order valence-corrected chi connectivity index (χ1v) is 14.9. The number of guanidine groups is 1. The van der Waals surface area contributed by atoms with Gasteiger partial charge in [0.25, 0.3) is 0 Å². The number of carboxylic acids is 2. The van der Waals surface area contributed by atoms with Gasteiger partial charge in [0, 0.05) is 30.2 Å². The number of nitrogens with two attached hydrogens (primary N) is 3. The van der Waals surface area contributed by atoms with Gasteiger partial charge in [0.2, 0.25) is 0 Å². The normalized spacial score (nSPS) is 12.1. The minimum Gasteiger partial charge on any atom is -0.480 e. The Bertz CT molecular complexity index is 1480. The van der Waals surface area contributed by atoms with E-state index in [4.69, 9.17) is 36.3 Å². The van der Waals surface area contributed by atoms with Gasteiger partial charge >= 0.3 is 22.1 Å². The Hall–Kier alpha value is -4.30. The van der Waals surface area contributed by atoms with Crippen LogP contribution in [-0.4, -0.2) is 65.5 Å². The maximum Gasteiger partial charge on any atom is 0.347 e. The van der Waals surface area contributed by atoms with Crippen LogP contribution in [0.1, 0.15) is 38.7 Å². The van der Waals surface area contributed by atoms with E-state index in [9.17, 15) is 18.0 Å². The van der Waals surface area contributed by atoms with Crippen molar-refractivity contribution in [3.05, 3.63) is 60.3 Å². The molecule has 230 valence electrons. The van der Waals surface area contributed by atoms with Gasteiger partial charge in [-0.25, -0.2) is 4.79 Å². The van der Waals surface area contributed by atoms with Gasteiger partial charge in [-0.15, -0.1) is 0 Å². The van der Waals surface area contributed by atoms with E-state index >= 15 is 0 Å². The zero-order valence-corrected chi connectivity index (χ0v) is 24.7. The molecule has 14 heteroatoms. The van der Waals surface area contributed by atoms with E-state index in [0.29, 0.717) is 30.9 Å². The van der Waals surface area contributed by atoms with Crippen molar-refractivity contribution in [1.29, 1.82) is 0 Å². The fourth-order valence-corrected chi connectivity index (χ4v) is 4.21. The second-order valence-corrected chi connectivity index (χ2v) is 11.7. The van der Waals surface area contributed by atoms with E-state index in [-0.39, 0.29) is 5.96 Å². The standard InChI is InChI=1S/C22H25NO6S.C6H14N4O2/c1-22(2,21(24)25)28-18-8-6-16(7-9-18)5-4-13-23-14-12-17-15-19(10-11-20(17)23)29-30(3,26)27;7-4(5(11)12)2-1-3-10-6(8)9/h6-12,14-15H,4-5,13H2,1-3H3,(H,24,25);4H,1-3,7H2,(H,11,12)(H4,8,9,10)/t;4-/m.0/s1. The number of aromatic nitrogens is 1. The van der Waals surface area contributed by atoms with Crippen molar-refractivity contribution in [1.82, 2.24) is 4.57 Å². The molecule has 1 heterocycles. The van der Waals surface area contributed by atoms with Crippen LogP contribution in [0, 0.1) is 0 Å². The number of fused-ring (bicyclic) bond motifs is 1. The monoisotopic (exact) mass is 605 g/mol. The third-order valence-corrected chi connectivity index (χ3v) is 6.45. The van der Waals surface area contributed by atoms with Gasteiger partial charge in [0.15, 0.2) is 11.6 Å². The molecule has 1 aromatic heterocycles. The zero-order valence-electron chi connectivity index (χ0n) is 23.9. The average Bonchev–Trinajstić information content (AvgIpc) is 3.28. The van der Waals surface area contributed by atoms with Crippen LogP contribution in [-0.2, 0) is 32.7 Å². The van der Waals surface area contributed by atoms with Gasteiger partial charge < -0.3 is 40.9 Å². The Morgan fingerprint density at radius 2 is 1.67 bits per heavy atom. The summed E-state index contributed by atoms with van der Waals surface area (Å²) >= 11 is 0. The molecule has 0 saturated carbocycles. The molecule has 2 aromatic carbocycles. The van der Waals surface area contributed by atoms with E-state index in [1.54, 1.807) is 24.3 Å². The molecule has 0 aliphatic carbocycles. The molecule has 13 nitrogen and oxygen atoms in total. The molecule has 0 bridgehead atoms. The molecule has 1 atom stereocenters. The largest absolute Gasteiger partial charge is 0.480 e. The summed E-state index contributed by atoms with van der Waals surface area (Å²) in [4.78, 5) is 25.1. The molecule has 3 rings (SSSR count). The average molecular weight is 606 g/mol. The van der Waals surface area contributed by atoms with E-state index < -0.39 is 33.7 Å². The Morgan fingerprint density at radius 3 is 2.24 bits per heavy atom. The first kappa shape index (κ1) is 33.9. The highest BCUT2D eigenvalue weighted by atomic mass is 32.2. The lowest BCUT2D eigenvalue weighted by molar-refractivity contribution is -0.152. The minimum absolute atomic E-state index is 0.0129. The third-order valence-electron chi connectivity index (χ3n) is 5.95. The maximum absolute atomic E-state index is 11.3. The third kappa shape index (κ3) is 11.7. The first-order chi connectivity index (χ1) is 19.6. The van der Waals surface area contributed by atoms with Gasteiger partial charge in [-0.1, -0.05) is 12.1 Å². The van der Waals surface area contributed by atoms with E-state index in [1.165, 1.54) is 13.8 Å². The van der Waals surface area contributed by atoms with Gasteiger partial charge in [0.05, 0.1) is 6.26 Å². The van der Waals surface area contributed by atoms with Gasteiger partial charge in [-0.05, 0) is 81.5 Å². The lowest BCUT2D eigenvalue weighted by Crippen LogP contribution is -2.37. The summed E-state index contributed by atoms with van der Waals surface area (Å²) in [6.07, 6.45) is 5.72. The fourth-order valence-electron chi connectivity index (χ4n) is 3.76. The van der Waals surface area contributed by atoms with Crippen molar-refractivity contribution in [3.63, 3.8) is 0 Å². The summed E-state index contributed by atoms with van der Waals surface area (Å²) in [5, 5.41) is 18.4. The smallest absolute Gasteiger partial charge is 0.347 e. The number of ether oxygens (including phenoxy) is 1. The molecule has 3 aromatic rings. The molecule has 0 fully saturated rings. The van der Waals surface area contributed by atoms with E-state index in [2.05, 4.69) is 9.56 Å². The number of aliphatic carboxylic acids is 2. The Morgan fingerprint density at radius 1 is 1.02 bits per heavy atom. The lowest BCUT2D eigenvalue weighted by atomic mass is 10.1. The molecule has 8 N–H and O–H groups in total. The molecular formula is C28H39N5O8S. The molecule has 0 radical (unpaired) electrons. The predicted octanol–water partition coefficient (Wildman–Crippen LogP) is 2.31. The van der Waals surface area contributed by atoms with Crippen molar-refractivity contribution < 1.29 is 37.1 Å². The summed E-state index contributed by atoms with van der Waals surface area (Å²) in [6, 6.07) is 13.8. The number of rotatable bonds is 14. The summed E-state index contributed by atoms with van der Waals surface area (Å²) in [5.74, 6) is -1.18. The SMILES string of the molecule is CC(C)(Oc1ccc(CCCn2ccc3cc(OS(C)(=O)=O)ccc32)cc1)C(=O)O.NC(N)=NCCC[C@H](N)C(=O)O. The number of hydrogen-bond acceptors (Lipinski definition) is 8. The molecular weight excluding hydrogens is 566 g/mol. The lowest BCUT2D eigenvalue weighted by Gasteiger charge is -2.21. The number of aliphatic imine (C=N–C) groups is 1. The Balaban J connectivity index is 0.000000435. The summed E-state index contributed by atoms with van der Waals surface area (Å²) in [7, 11) is -3.55. The molecule has 0 aliphatic rings. The maximum atomic E-state index is 11.3. The van der Waals surface area contributed by atoms with Crippen LogP contribution in [0.5, 0.6) is 11.5 Å². The summed E-state index contributed by atoms with van der Waals surface area (Å²) < 4.78 is 35.1. The molecule has 0 saturated heterocycles. The number of nitrogens with zero attached hydrogens (tertiary/aromatic N) is 2. The van der Waals surface area contributed by atoms with Crippen LogP contribution in [0.25, 0.3) is 10.9 Å². The van der Waals surface area contributed by atoms with Gasteiger partial charge in [-0.3, -0.25) is 9.79 Å². The van der Waals surface area contributed by atoms with Crippen molar-refractivity contribution in [3.8, 4) is 11.5 Å². The molecule has 42 heavy (non-hydrogen) atoms. The van der Waals surface area contributed by atoms with E-state index in [0.717, 1.165) is 42.1 Å². The highest BCUT2D eigenvalue weighted by Gasteiger charge is 2.29. The van der Waals surface area contributed by atoms with E-state index in [1.807, 2.05) is 30.5 Å². The number of aryl methyl sites for hydroxylation is 2. The van der Waals surface area contributed by atoms with Crippen LogP contribution in [0.3, 0.4) is 0 Å². The number of carboxylic acid groups (broad SMARTS) is 2. The molecule has 0 amide bonds. The Labute approximate surface area is 245 Å². The first-order valence-electron chi connectivity index (χ1n) is 13.1. The van der Waals surface area contributed by atoms with Crippen molar-refractivity contribution in [2.24, 2.45) is 22.2 Å². The highest BCUT2D eigenvalue weighted by Crippen LogP contribution is 2.24. The van der Waals surface area contributed by atoms with Crippen LogP contribution in [0.4, 0.5) is 0 Å². The summed E-state index contributed by atoms with van der Waals surface area (Å²) in [6.45, 7) is 4.26. The second-order valence-electron chi connectivity index (χ2n) is 10.1. The number of hydrogen-bond donors (Lipinski definition) is 5. The second kappa shape index (κ2) is 15.1.